The van der Waals surface area contributed by atoms with Gasteiger partial charge in [-0.3, -0.25) is 0 Å². The third-order valence-electron chi connectivity index (χ3n) is 3.25. The summed E-state index contributed by atoms with van der Waals surface area (Å²) < 4.78 is 0. The molecule has 4 N–H and O–H groups in total. The van der Waals surface area contributed by atoms with Crippen LogP contribution in [0.3, 0.4) is 0 Å². The van der Waals surface area contributed by atoms with Crippen LogP contribution in [0.15, 0.2) is 0 Å². The van der Waals surface area contributed by atoms with Gasteiger partial charge in [-0.05, 0) is 25.8 Å². The summed E-state index contributed by atoms with van der Waals surface area (Å²) in [5.41, 5.74) is 0. The largest absolute Gasteiger partial charge is 0.480 e. The van der Waals surface area contributed by atoms with Crippen LogP contribution >= 0.6 is 0 Å². The second-order valence-corrected chi connectivity index (χ2v) is 4.81. The summed E-state index contributed by atoms with van der Waals surface area (Å²) in [6.45, 7) is 4.49. The minimum atomic E-state index is -1.25. The lowest BCUT2D eigenvalue weighted by Crippen LogP contribution is -2.52. The van der Waals surface area contributed by atoms with Crippen molar-refractivity contribution in [1.29, 1.82) is 0 Å². The minimum absolute atomic E-state index is 0.0706. The lowest BCUT2D eigenvalue weighted by Gasteiger charge is -2.32. The van der Waals surface area contributed by atoms with Crippen LogP contribution in [0.5, 0.6) is 0 Å². The van der Waals surface area contributed by atoms with Gasteiger partial charge in [-0.2, -0.15) is 0 Å². The molecule has 0 saturated carbocycles. The number of aliphatic hydroxyl groups excluding tert-OH is 1. The second-order valence-electron chi connectivity index (χ2n) is 4.81. The van der Waals surface area contributed by atoms with Gasteiger partial charge in [0, 0.05) is 19.1 Å². The molecule has 19 heavy (non-hydrogen) atoms. The summed E-state index contributed by atoms with van der Waals surface area (Å²) in [6.07, 6.45) is 2.85. The van der Waals surface area contributed by atoms with Gasteiger partial charge in [0.2, 0.25) is 0 Å². The Morgan fingerprint density at radius 2 is 2.00 bits per heavy atom. The van der Waals surface area contributed by atoms with E-state index in [1.165, 1.54) is 0 Å². The smallest absolute Gasteiger partial charge is 0.328 e. The Kier molecular flexibility index (Phi) is 6.58. The van der Waals surface area contributed by atoms with E-state index < -0.39 is 24.6 Å². The van der Waals surface area contributed by atoms with Gasteiger partial charge in [0.05, 0.1) is 6.61 Å². The highest BCUT2D eigenvalue weighted by Crippen LogP contribution is 2.10. The molecule has 0 spiro atoms. The van der Waals surface area contributed by atoms with Crippen molar-refractivity contribution in [1.82, 2.24) is 15.5 Å². The van der Waals surface area contributed by atoms with E-state index in [4.69, 9.17) is 10.2 Å². The van der Waals surface area contributed by atoms with Crippen LogP contribution in [0.1, 0.15) is 26.2 Å². The number of carbonyl (C=O) groups excluding carboxylic acids is 1. The van der Waals surface area contributed by atoms with Gasteiger partial charge in [0.1, 0.15) is 0 Å². The topological polar surface area (TPSA) is 102 Å². The Hall–Kier alpha value is -1.34. The zero-order chi connectivity index (χ0) is 14.3. The highest BCUT2D eigenvalue weighted by Gasteiger charge is 2.23. The third kappa shape index (κ3) is 5.44. The van der Waals surface area contributed by atoms with Crippen molar-refractivity contribution in [3.63, 3.8) is 0 Å². The molecule has 7 heteroatoms. The molecule has 0 aliphatic carbocycles. The number of carboxylic acids is 1. The van der Waals surface area contributed by atoms with E-state index in [9.17, 15) is 9.59 Å². The number of aliphatic carboxylic acids is 1. The summed E-state index contributed by atoms with van der Waals surface area (Å²) >= 11 is 0. The van der Waals surface area contributed by atoms with E-state index in [0.717, 1.165) is 38.9 Å². The summed E-state index contributed by atoms with van der Waals surface area (Å²) in [7, 11) is 0. The first-order valence-corrected chi connectivity index (χ1v) is 6.69. The standard InChI is InChI=1S/C12H23N3O4/c1-2-5-15-6-3-9(4-7-15)13-12(19)14-10(8-16)11(17)18/h9-10,16H,2-8H2,1H3,(H,17,18)(H2,13,14,19)/t10-/m1/s1. The summed E-state index contributed by atoms with van der Waals surface area (Å²) in [5.74, 6) is -1.24. The predicted molar refractivity (Wildman–Crippen MR) is 69.9 cm³/mol. The minimum Gasteiger partial charge on any atom is -0.480 e. The number of likely N-dealkylation sites (tertiary alicyclic amines) is 1. The molecule has 0 aromatic heterocycles. The average Bonchev–Trinajstić information content (AvgIpc) is 2.38. The van der Waals surface area contributed by atoms with Gasteiger partial charge in [-0.1, -0.05) is 6.92 Å². The number of nitrogens with zero attached hydrogens (tertiary/aromatic N) is 1. The number of piperidine rings is 1. The molecule has 0 aromatic rings. The number of amides is 2. The summed E-state index contributed by atoms with van der Waals surface area (Å²) in [4.78, 5) is 24.6. The van der Waals surface area contributed by atoms with Crippen molar-refractivity contribution in [2.24, 2.45) is 0 Å². The molecule has 1 aliphatic heterocycles. The first-order chi connectivity index (χ1) is 9.06. The second kappa shape index (κ2) is 7.96. The van der Waals surface area contributed by atoms with E-state index in [1.807, 2.05) is 0 Å². The van der Waals surface area contributed by atoms with Gasteiger partial charge in [0.15, 0.2) is 6.04 Å². The first kappa shape index (κ1) is 15.7. The highest BCUT2D eigenvalue weighted by molar-refractivity contribution is 5.82. The monoisotopic (exact) mass is 273 g/mol. The molecule has 0 unspecified atom stereocenters. The molecule has 1 heterocycles. The van der Waals surface area contributed by atoms with Crippen molar-refractivity contribution in [3.8, 4) is 0 Å². The normalized spacial score (nSPS) is 18.8. The molecular weight excluding hydrogens is 250 g/mol. The Bertz CT molecular complexity index is 303. The van der Waals surface area contributed by atoms with Gasteiger partial charge in [0.25, 0.3) is 0 Å². The molecule has 7 nitrogen and oxygen atoms in total. The molecule has 1 atom stereocenters. The Morgan fingerprint density at radius 1 is 1.37 bits per heavy atom. The Labute approximate surface area is 113 Å². The van der Waals surface area contributed by atoms with E-state index in [-0.39, 0.29) is 6.04 Å². The molecule has 110 valence electrons. The molecule has 1 aliphatic rings. The number of carboxylic acid groups (broad SMARTS) is 1. The number of rotatable bonds is 6. The fourth-order valence-electron chi connectivity index (χ4n) is 2.19. The molecule has 1 saturated heterocycles. The van der Waals surface area contributed by atoms with Crippen molar-refractivity contribution in [3.05, 3.63) is 0 Å². The van der Waals surface area contributed by atoms with Crippen molar-refractivity contribution >= 4 is 12.0 Å². The van der Waals surface area contributed by atoms with Crippen molar-refractivity contribution in [2.75, 3.05) is 26.2 Å². The molecule has 0 aromatic carbocycles. The number of urea groups is 1. The quantitative estimate of drug-likeness (QED) is 0.528. The third-order valence-corrected chi connectivity index (χ3v) is 3.25. The number of carbonyl (C=O) groups is 2. The maximum atomic E-state index is 11.6. The van der Waals surface area contributed by atoms with E-state index in [1.54, 1.807) is 0 Å². The van der Waals surface area contributed by atoms with Gasteiger partial charge < -0.3 is 25.7 Å². The van der Waals surface area contributed by atoms with Crippen LogP contribution in [-0.2, 0) is 4.79 Å². The number of aliphatic hydroxyl groups is 1. The average molecular weight is 273 g/mol. The maximum Gasteiger partial charge on any atom is 0.328 e. The lowest BCUT2D eigenvalue weighted by molar-refractivity contribution is -0.140. The summed E-state index contributed by atoms with van der Waals surface area (Å²) in [6, 6.07) is -1.71. The number of hydrogen-bond acceptors (Lipinski definition) is 4. The highest BCUT2D eigenvalue weighted by atomic mass is 16.4. The van der Waals surface area contributed by atoms with E-state index >= 15 is 0 Å². The SMILES string of the molecule is CCCN1CCC(NC(=O)N[C@H](CO)C(=O)O)CC1. The Morgan fingerprint density at radius 3 is 2.47 bits per heavy atom. The van der Waals surface area contributed by atoms with Crippen LogP contribution in [-0.4, -0.2) is 65.4 Å². The predicted octanol–water partition coefficient (Wildman–Crippen LogP) is -0.394. The molecular formula is C12H23N3O4. The van der Waals surface area contributed by atoms with Crippen LogP contribution in [0, 0.1) is 0 Å². The fourth-order valence-corrected chi connectivity index (χ4v) is 2.19. The fraction of sp³-hybridized carbons (Fsp3) is 0.833. The summed E-state index contributed by atoms with van der Waals surface area (Å²) in [5, 5.41) is 22.5. The van der Waals surface area contributed by atoms with Crippen LogP contribution in [0.4, 0.5) is 4.79 Å². The number of hydrogen-bond donors (Lipinski definition) is 4. The Balaban J connectivity index is 2.28. The van der Waals surface area contributed by atoms with Gasteiger partial charge in [-0.25, -0.2) is 9.59 Å². The van der Waals surface area contributed by atoms with Gasteiger partial charge in [-0.15, -0.1) is 0 Å². The molecule has 2 amide bonds. The van der Waals surface area contributed by atoms with Crippen LogP contribution in [0.25, 0.3) is 0 Å². The van der Waals surface area contributed by atoms with E-state index in [0.29, 0.717) is 0 Å². The van der Waals surface area contributed by atoms with Gasteiger partial charge >= 0.3 is 12.0 Å². The maximum absolute atomic E-state index is 11.6. The first-order valence-electron chi connectivity index (χ1n) is 6.69. The lowest BCUT2D eigenvalue weighted by atomic mass is 10.1. The number of nitrogens with one attached hydrogen (secondary N) is 2. The van der Waals surface area contributed by atoms with E-state index in [2.05, 4.69) is 22.5 Å². The zero-order valence-corrected chi connectivity index (χ0v) is 11.3. The molecule has 0 radical (unpaired) electrons. The molecule has 1 rings (SSSR count). The molecule has 1 fully saturated rings. The van der Waals surface area contributed by atoms with Crippen LogP contribution in [0.2, 0.25) is 0 Å². The zero-order valence-electron chi connectivity index (χ0n) is 11.3. The molecule has 0 bridgehead atoms. The van der Waals surface area contributed by atoms with Crippen molar-refractivity contribution < 1.29 is 19.8 Å². The van der Waals surface area contributed by atoms with Crippen LogP contribution < -0.4 is 10.6 Å². The van der Waals surface area contributed by atoms with Crippen molar-refractivity contribution in [2.45, 2.75) is 38.3 Å².